The molecule has 0 aromatic heterocycles. The number of rotatable bonds is 4. The third-order valence-electron chi connectivity index (χ3n) is 3.00. The van der Waals surface area contributed by atoms with Gasteiger partial charge in [0.1, 0.15) is 0 Å². The van der Waals surface area contributed by atoms with Crippen LogP contribution in [0.2, 0.25) is 0 Å². The molecule has 3 N–H and O–H groups in total. The predicted octanol–water partition coefficient (Wildman–Crippen LogP) is 2.46. The third kappa shape index (κ3) is 4.13. The van der Waals surface area contributed by atoms with Crippen molar-refractivity contribution in [3.8, 4) is 0 Å². The molecule has 1 fully saturated rings. The van der Waals surface area contributed by atoms with E-state index in [1.54, 1.807) is 24.3 Å². The van der Waals surface area contributed by atoms with Crippen LogP contribution in [-0.4, -0.2) is 22.6 Å². The second-order valence-electron chi connectivity index (χ2n) is 4.93. The summed E-state index contributed by atoms with van der Waals surface area (Å²) in [6.07, 6.45) is 4.60. The van der Waals surface area contributed by atoms with E-state index in [2.05, 4.69) is 10.6 Å². The topological polar surface area (TPSA) is 78.4 Å². The number of hydrogen-bond donors (Lipinski definition) is 3. The number of amides is 2. The Kier molecular flexibility index (Phi) is 3.55. The van der Waals surface area contributed by atoms with Gasteiger partial charge in [-0.25, -0.2) is 9.59 Å². The minimum absolute atomic E-state index is 0.0474. The van der Waals surface area contributed by atoms with Gasteiger partial charge >= 0.3 is 12.0 Å². The van der Waals surface area contributed by atoms with Gasteiger partial charge in [-0.05, 0) is 43.5 Å². The zero-order valence-electron chi connectivity index (χ0n) is 10.6. The molecule has 2 rings (SSSR count). The lowest BCUT2D eigenvalue weighted by Crippen LogP contribution is -2.37. The predicted molar refractivity (Wildman–Crippen MR) is 72.9 cm³/mol. The molecule has 19 heavy (non-hydrogen) atoms. The average Bonchev–Trinajstić information content (AvgIpc) is 3.05. The Balaban J connectivity index is 1.91. The number of aliphatic carboxylic acids is 1. The van der Waals surface area contributed by atoms with Crippen molar-refractivity contribution in [2.24, 2.45) is 0 Å². The first-order valence-corrected chi connectivity index (χ1v) is 6.07. The molecule has 2 amide bonds. The Morgan fingerprint density at radius 3 is 2.42 bits per heavy atom. The van der Waals surface area contributed by atoms with Gasteiger partial charge in [-0.15, -0.1) is 0 Å². The van der Waals surface area contributed by atoms with Crippen molar-refractivity contribution in [2.75, 3.05) is 5.32 Å². The SMILES string of the molecule is CC1(NC(=O)Nc2ccc(/C=C/C(=O)O)cc2)CC1. The van der Waals surface area contributed by atoms with E-state index in [4.69, 9.17) is 5.11 Å². The van der Waals surface area contributed by atoms with Crippen molar-refractivity contribution in [1.82, 2.24) is 5.32 Å². The lowest BCUT2D eigenvalue weighted by molar-refractivity contribution is -0.131. The maximum Gasteiger partial charge on any atom is 0.328 e. The maximum atomic E-state index is 11.7. The molecule has 1 aliphatic rings. The molecule has 0 saturated heterocycles. The number of benzene rings is 1. The van der Waals surface area contributed by atoms with Crippen molar-refractivity contribution in [3.05, 3.63) is 35.9 Å². The standard InChI is InChI=1S/C14H16N2O3/c1-14(8-9-14)16-13(19)15-11-5-2-10(3-6-11)4-7-12(17)18/h2-7H,8-9H2,1H3,(H,17,18)(H2,15,16,19)/b7-4+. The summed E-state index contributed by atoms with van der Waals surface area (Å²) in [6, 6.07) is 6.74. The Hall–Kier alpha value is -2.30. The molecule has 1 aromatic carbocycles. The molecule has 0 spiro atoms. The number of carbonyl (C=O) groups excluding carboxylic acids is 1. The normalized spacial score (nSPS) is 16.1. The van der Waals surface area contributed by atoms with E-state index < -0.39 is 5.97 Å². The quantitative estimate of drug-likeness (QED) is 0.728. The molecule has 1 saturated carbocycles. The van der Waals surface area contributed by atoms with Crippen molar-refractivity contribution < 1.29 is 14.7 Å². The van der Waals surface area contributed by atoms with E-state index in [1.165, 1.54) is 6.08 Å². The molecule has 1 aliphatic carbocycles. The van der Waals surface area contributed by atoms with Crippen LogP contribution < -0.4 is 10.6 Å². The fraction of sp³-hybridized carbons (Fsp3) is 0.286. The minimum Gasteiger partial charge on any atom is -0.478 e. The molecule has 1 aromatic rings. The van der Waals surface area contributed by atoms with Crippen molar-refractivity contribution in [1.29, 1.82) is 0 Å². The summed E-state index contributed by atoms with van der Waals surface area (Å²) in [5.41, 5.74) is 1.39. The molecule has 0 atom stereocenters. The highest BCUT2D eigenvalue weighted by molar-refractivity contribution is 5.90. The first-order chi connectivity index (χ1) is 8.97. The number of carboxylic acid groups (broad SMARTS) is 1. The molecule has 0 bridgehead atoms. The summed E-state index contributed by atoms with van der Waals surface area (Å²) in [5.74, 6) is -0.987. The summed E-state index contributed by atoms with van der Waals surface area (Å²) in [6.45, 7) is 2.01. The summed E-state index contributed by atoms with van der Waals surface area (Å²) in [7, 11) is 0. The van der Waals surface area contributed by atoms with E-state index in [9.17, 15) is 9.59 Å². The Labute approximate surface area is 111 Å². The van der Waals surface area contributed by atoms with Gasteiger partial charge in [0.2, 0.25) is 0 Å². The van der Waals surface area contributed by atoms with Crippen LogP contribution in [0.3, 0.4) is 0 Å². The Bertz CT molecular complexity index is 516. The van der Waals surface area contributed by atoms with E-state index in [0.29, 0.717) is 5.69 Å². The van der Waals surface area contributed by atoms with Gasteiger partial charge in [-0.2, -0.15) is 0 Å². The van der Waals surface area contributed by atoms with Crippen molar-refractivity contribution >= 4 is 23.8 Å². The number of carboxylic acids is 1. The monoisotopic (exact) mass is 260 g/mol. The van der Waals surface area contributed by atoms with Crippen LogP contribution in [0.1, 0.15) is 25.3 Å². The lowest BCUT2D eigenvalue weighted by atomic mass is 10.2. The number of hydrogen-bond acceptors (Lipinski definition) is 2. The van der Waals surface area contributed by atoms with Gasteiger partial charge in [0.15, 0.2) is 0 Å². The number of urea groups is 1. The third-order valence-corrected chi connectivity index (χ3v) is 3.00. The molecule has 100 valence electrons. The fourth-order valence-electron chi connectivity index (χ4n) is 1.59. The fourth-order valence-corrected chi connectivity index (χ4v) is 1.59. The summed E-state index contributed by atoms with van der Waals surface area (Å²) in [5, 5.41) is 14.1. The van der Waals surface area contributed by atoms with Crippen molar-refractivity contribution in [3.63, 3.8) is 0 Å². The largest absolute Gasteiger partial charge is 0.478 e. The van der Waals surface area contributed by atoms with Crippen LogP contribution in [0.4, 0.5) is 10.5 Å². The van der Waals surface area contributed by atoms with Crippen LogP contribution >= 0.6 is 0 Å². The second-order valence-corrected chi connectivity index (χ2v) is 4.93. The first kappa shape index (κ1) is 13.1. The molecular formula is C14H16N2O3. The van der Waals surface area contributed by atoms with Gasteiger partial charge < -0.3 is 15.7 Å². The number of nitrogens with one attached hydrogen (secondary N) is 2. The van der Waals surface area contributed by atoms with Crippen molar-refractivity contribution in [2.45, 2.75) is 25.3 Å². The zero-order valence-corrected chi connectivity index (χ0v) is 10.6. The Morgan fingerprint density at radius 1 is 1.26 bits per heavy atom. The van der Waals surface area contributed by atoms with Gasteiger partial charge in [-0.1, -0.05) is 12.1 Å². The van der Waals surface area contributed by atoms with Crippen LogP contribution in [0.5, 0.6) is 0 Å². The molecule has 5 nitrogen and oxygen atoms in total. The zero-order chi connectivity index (χ0) is 13.9. The van der Waals surface area contributed by atoms with Gasteiger partial charge in [-0.3, -0.25) is 0 Å². The van der Waals surface area contributed by atoms with E-state index >= 15 is 0 Å². The molecule has 0 aliphatic heterocycles. The van der Waals surface area contributed by atoms with E-state index in [-0.39, 0.29) is 11.6 Å². The summed E-state index contributed by atoms with van der Waals surface area (Å²) >= 11 is 0. The maximum absolute atomic E-state index is 11.7. The average molecular weight is 260 g/mol. The van der Waals surface area contributed by atoms with Gasteiger partial charge in [0.05, 0.1) is 0 Å². The summed E-state index contributed by atoms with van der Waals surface area (Å²) < 4.78 is 0. The number of anilines is 1. The highest BCUT2D eigenvalue weighted by atomic mass is 16.4. The van der Waals surface area contributed by atoms with Crippen LogP contribution in [-0.2, 0) is 4.79 Å². The first-order valence-electron chi connectivity index (χ1n) is 6.07. The highest BCUT2D eigenvalue weighted by Gasteiger charge is 2.38. The number of carbonyl (C=O) groups is 2. The highest BCUT2D eigenvalue weighted by Crippen LogP contribution is 2.34. The molecule has 0 radical (unpaired) electrons. The van der Waals surface area contributed by atoms with E-state index in [1.807, 2.05) is 6.92 Å². The molecular weight excluding hydrogens is 244 g/mol. The van der Waals surface area contributed by atoms with Crippen LogP contribution in [0.15, 0.2) is 30.3 Å². The van der Waals surface area contributed by atoms with Gasteiger partial charge in [0, 0.05) is 17.3 Å². The molecule has 0 heterocycles. The Morgan fingerprint density at radius 2 is 1.89 bits per heavy atom. The summed E-state index contributed by atoms with van der Waals surface area (Å²) in [4.78, 5) is 22.0. The molecule has 0 unspecified atom stereocenters. The lowest BCUT2D eigenvalue weighted by Gasteiger charge is -2.12. The van der Waals surface area contributed by atoms with E-state index in [0.717, 1.165) is 24.5 Å². The second kappa shape index (κ2) is 5.14. The minimum atomic E-state index is -0.987. The van der Waals surface area contributed by atoms with Crippen LogP contribution in [0, 0.1) is 0 Å². The van der Waals surface area contributed by atoms with Crippen LogP contribution in [0.25, 0.3) is 6.08 Å². The van der Waals surface area contributed by atoms with Gasteiger partial charge in [0.25, 0.3) is 0 Å². The molecule has 5 heteroatoms. The smallest absolute Gasteiger partial charge is 0.328 e.